The van der Waals surface area contributed by atoms with Gasteiger partial charge in [0.05, 0.1) is 25.1 Å². The van der Waals surface area contributed by atoms with Crippen LogP contribution in [0.4, 0.5) is 0 Å². The Balaban J connectivity index is 1.98. The molecule has 1 saturated heterocycles. The minimum Gasteiger partial charge on any atom is -0.390 e. The van der Waals surface area contributed by atoms with Crippen LogP contribution in [-0.2, 0) is 16.0 Å². The number of ketones is 1. The Morgan fingerprint density at radius 1 is 1.24 bits per heavy atom. The first-order valence-corrected chi connectivity index (χ1v) is 5.74. The number of aliphatic hydroxyl groups excluding tert-OH is 1. The van der Waals surface area contributed by atoms with Gasteiger partial charge in [-0.3, -0.25) is 9.59 Å². The molecule has 0 spiro atoms. The van der Waals surface area contributed by atoms with E-state index in [4.69, 9.17) is 0 Å². The van der Waals surface area contributed by atoms with E-state index in [0.29, 0.717) is 6.42 Å². The summed E-state index contributed by atoms with van der Waals surface area (Å²) < 4.78 is 0. The van der Waals surface area contributed by atoms with Crippen molar-refractivity contribution >= 4 is 11.7 Å². The summed E-state index contributed by atoms with van der Waals surface area (Å²) in [6.45, 7) is 0.134. The number of Topliss-reactive ketones (excluding diaryl/α,β-unsaturated/α-hetero) is 1. The molecule has 1 amide bonds. The highest BCUT2D eigenvalue weighted by atomic mass is 16.3. The number of aliphatic hydroxyl groups is 1. The zero-order valence-corrected chi connectivity index (χ0v) is 9.30. The fraction of sp³-hybridized carbons (Fsp3) is 0.385. The fourth-order valence-electron chi connectivity index (χ4n) is 2.79. The largest absolute Gasteiger partial charge is 0.390 e. The minimum absolute atomic E-state index is 0.0224. The number of amides is 1. The van der Waals surface area contributed by atoms with Crippen LogP contribution >= 0.6 is 0 Å². The summed E-state index contributed by atoms with van der Waals surface area (Å²) in [5.74, 6) is -0.234. The number of hydrogen-bond acceptors (Lipinski definition) is 3. The van der Waals surface area contributed by atoms with Gasteiger partial charge in [0.15, 0.2) is 5.78 Å². The molecule has 1 aromatic rings. The molecule has 4 nitrogen and oxygen atoms in total. The van der Waals surface area contributed by atoms with E-state index in [1.54, 1.807) is 0 Å². The van der Waals surface area contributed by atoms with E-state index in [1.165, 1.54) is 4.90 Å². The molecule has 1 heterocycles. The average molecular weight is 231 g/mol. The van der Waals surface area contributed by atoms with Crippen molar-refractivity contribution in [2.45, 2.75) is 25.0 Å². The molecule has 0 radical (unpaired) electrons. The van der Waals surface area contributed by atoms with Crippen LogP contribution in [0.15, 0.2) is 24.3 Å². The van der Waals surface area contributed by atoms with Crippen molar-refractivity contribution in [3.05, 3.63) is 35.4 Å². The Morgan fingerprint density at radius 2 is 2.00 bits per heavy atom. The van der Waals surface area contributed by atoms with Gasteiger partial charge in [0.1, 0.15) is 0 Å². The van der Waals surface area contributed by atoms with Crippen LogP contribution in [-0.4, -0.2) is 34.3 Å². The molecule has 17 heavy (non-hydrogen) atoms. The Bertz CT molecular complexity index is 497. The van der Waals surface area contributed by atoms with Crippen molar-refractivity contribution in [1.29, 1.82) is 0 Å². The molecule has 3 rings (SSSR count). The van der Waals surface area contributed by atoms with Crippen LogP contribution < -0.4 is 0 Å². The Labute approximate surface area is 98.9 Å². The van der Waals surface area contributed by atoms with E-state index in [2.05, 4.69) is 0 Å². The lowest BCUT2D eigenvalue weighted by molar-refractivity contribution is -0.131. The second-order valence-electron chi connectivity index (χ2n) is 4.65. The number of hydrogen-bond donors (Lipinski definition) is 1. The topological polar surface area (TPSA) is 57.6 Å². The number of fused-ring (bicyclic) bond motifs is 1. The smallest absolute Gasteiger partial charge is 0.231 e. The molecule has 2 unspecified atom stereocenters. The van der Waals surface area contributed by atoms with Gasteiger partial charge in [0, 0.05) is 6.42 Å². The Hall–Kier alpha value is -1.68. The van der Waals surface area contributed by atoms with Crippen LogP contribution in [0.5, 0.6) is 0 Å². The zero-order chi connectivity index (χ0) is 12.0. The van der Waals surface area contributed by atoms with Gasteiger partial charge >= 0.3 is 0 Å². The van der Waals surface area contributed by atoms with E-state index < -0.39 is 6.10 Å². The predicted molar refractivity (Wildman–Crippen MR) is 60.2 cm³/mol. The molecular formula is C13H13NO3. The van der Waals surface area contributed by atoms with E-state index in [-0.39, 0.29) is 30.7 Å². The summed E-state index contributed by atoms with van der Waals surface area (Å²) in [5.41, 5.74) is 2.04. The lowest BCUT2D eigenvalue weighted by atomic mass is 10.1. The number of benzene rings is 1. The van der Waals surface area contributed by atoms with Gasteiger partial charge in [-0.05, 0) is 11.1 Å². The molecule has 4 heteroatoms. The van der Waals surface area contributed by atoms with E-state index in [1.807, 2.05) is 24.3 Å². The second kappa shape index (κ2) is 3.67. The third-order valence-electron chi connectivity index (χ3n) is 3.52. The first kappa shape index (κ1) is 10.5. The highest BCUT2D eigenvalue weighted by Crippen LogP contribution is 2.37. The van der Waals surface area contributed by atoms with Gasteiger partial charge in [-0.15, -0.1) is 0 Å². The van der Waals surface area contributed by atoms with Gasteiger partial charge in [-0.1, -0.05) is 24.3 Å². The predicted octanol–water partition coefficient (Wildman–Crippen LogP) is 0.446. The number of carbonyl (C=O) groups excluding carboxylic acids is 2. The molecule has 1 aromatic carbocycles. The van der Waals surface area contributed by atoms with E-state index in [9.17, 15) is 14.7 Å². The Kier molecular flexibility index (Phi) is 2.26. The monoisotopic (exact) mass is 231 g/mol. The summed E-state index contributed by atoms with van der Waals surface area (Å²) in [7, 11) is 0. The molecule has 1 aliphatic carbocycles. The molecule has 1 aliphatic heterocycles. The normalized spacial score (nSPS) is 27.7. The lowest BCUT2D eigenvalue weighted by Crippen LogP contribution is -2.35. The molecule has 2 atom stereocenters. The van der Waals surface area contributed by atoms with Crippen molar-refractivity contribution < 1.29 is 14.7 Å². The van der Waals surface area contributed by atoms with Crippen LogP contribution in [0.2, 0.25) is 0 Å². The van der Waals surface area contributed by atoms with Crippen molar-refractivity contribution in [2.24, 2.45) is 0 Å². The van der Waals surface area contributed by atoms with E-state index >= 15 is 0 Å². The SMILES string of the molecule is O=C1CC(=O)N(C2c3ccccc3CC2O)C1. The molecule has 2 aliphatic rings. The maximum Gasteiger partial charge on any atom is 0.231 e. The van der Waals surface area contributed by atoms with Gasteiger partial charge in [0.25, 0.3) is 0 Å². The van der Waals surface area contributed by atoms with E-state index in [0.717, 1.165) is 11.1 Å². The third-order valence-corrected chi connectivity index (χ3v) is 3.52. The highest BCUT2D eigenvalue weighted by molar-refractivity contribution is 6.05. The number of likely N-dealkylation sites (tertiary alicyclic amines) is 1. The van der Waals surface area contributed by atoms with Crippen molar-refractivity contribution in [1.82, 2.24) is 4.90 Å². The van der Waals surface area contributed by atoms with Crippen LogP contribution in [0, 0.1) is 0 Å². The molecule has 1 N–H and O–H groups in total. The van der Waals surface area contributed by atoms with Crippen molar-refractivity contribution in [2.75, 3.05) is 6.54 Å². The van der Waals surface area contributed by atoms with Crippen LogP contribution in [0.1, 0.15) is 23.6 Å². The summed E-state index contributed by atoms with van der Waals surface area (Å²) in [5, 5.41) is 10.1. The van der Waals surface area contributed by atoms with Crippen molar-refractivity contribution in [3.63, 3.8) is 0 Å². The number of nitrogens with zero attached hydrogens (tertiary/aromatic N) is 1. The van der Waals surface area contributed by atoms with Crippen LogP contribution in [0.3, 0.4) is 0 Å². The molecule has 0 saturated carbocycles. The first-order chi connectivity index (χ1) is 8.16. The summed E-state index contributed by atoms with van der Waals surface area (Å²) >= 11 is 0. The number of rotatable bonds is 1. The van der Waals surface area contributed by atoms with Gasteiger partial charge in [-0.2, -0.15) is 0 Å². The molecule has 88 valence electrons. The molecule has 0 aromatic heterocycles. The zero-order valence-electron chi connectivity index (χ0n) is 9.30. The maximum atomic E-state index is 11.7. The number of carbonyl (C=O) groups is 2. The van der Waals surface area contributed by atoms with Gasteiger partial charge < -0.3 is 10.0 Å². The Morgan fingerprint density at radius 3 is 2.71 bits per heavy atom. The van der Waals surface area contributed by atoms with Crippen LogP contribution in [0.25, 0.3) is 0 Å². The molecule has 0 bridgehead atoms. The molecular weight excluding hydrogens is 218 g/mol. The molecule has 1 fully saturated rings. The maximum absolute atomic E-state index is 11.7. The quantitative estimate of drug-likeness (QED) is 0.714. The minimum atomic E-state index is -0.595. The third kappa shape index (κ3) is 1.56. The summed E-state index contributed by atoms with van der Waals surface area (Å²) in [4.78, 5) is 24.5. The highest BCUT2D eigenvalue weighted by Gasteiger charge is 2.41. The summed E-state index contributed by atoms with van der Waals surface area (Å²) in [6.07, 6.45) is -0.0632. The lowest BCUT2D eigenvalue weighted by Gasteiger charge is -2.26. The van der Waals surface area contributed by atoms with Gasteiger partial charge in [-0.25, -0.2) is 0 Å². The standard InChI is InChI=1S/C13H13NO3/c15-9-6-12(17)14(7-9)13-10-4-2-1-3-8(10)5-11(13)16/h1-4,11,13,16H,5-7H2. The average Bonchev–Trinajstić information content (AvgIpc) is 2.77. The first-order valence-electron chi connectivity index (χ1n) is 5.74. The van der Waals surface area contributed by atoms with Gasteiger partial charge in [0.2, 0.25) is 5.91 Å². The summed E-state index contributed by atoms with van der Waals surface area (Å²) in [6, 6.07) is 7.36. The second-order valence-corrected chi connectivity index (χ2v) is 4.65. The fourth-order valence-corrected chi connectivity index (χ4v) is 2.79. The van der Waals surface area contributed by atoms with Crippen molar-refractivity contribution in [3.8, 4) is 0 Å².